The lowest BCUT2D eigenvalue weighted by Gasteiger charge is -2.06. The smallest absolute Gasteiger partial charge is 0.325 e. The molecule has 0 saturated carbocycles. The van der Waals surface area contributed by atoms with Gasteiger partial charge < -0.3 is 14.8 Å². The van der Waals surface area contributed by atoms with Gasteiger partial charge in [-0.3, -0.25) is 5.32 Å². The van der Waals surface area contributed by atoms with Crippen LogP contribution in [0.25, 0.3) is 11.3 Å². The Labute approximate surface area is 162 Å². The number of thiazole rings is 1. The number of carbonyl (C=O) groups is 1. The van der Waals surface area contributed by atoms with Gasteiger partial charge in [-0.2, -0.15) is 0 Å². The van der Waals surface area contributed by atoms with Crippen molar-refractivity contribution in [2.24, 2.45) is 0 Å². The number of fused-ring (bicyclic) bond motifs is 1. The van der Waals surface area contributed by atoms with Gasteiger partial charge in [-0.05, 0) is 30.3 Å². The third-order valence-corrected chi connectivity index (χ3v) is 4.88. The molecule has 132 valence electrons. The van der Waals surface area contributed by atoms with E-state index in [4.69, 9.17) is 32.7 Å². The van der Waals surface area contributed by atoms with Crippen LogP contribution in [0.2, 0.25) is 10.0 Å². The van der Waals surface area contributed by atoms with Crippen LogP contribution in [-0.2, 0) is 0 Å². The van der Waals surface area contributed by atoms with E-state index in [1.807, 2.05) is 0 Å². The maximum Gasteiger partial charge on any atom is 0.325 e. The number of urea groups is 1. The van der Waals surface area contributed by atoms with Crippen LogP contribution < -0.4 is 20.1 Å². The summed E-state index contributed by atoms with van der Waals surface area (Å²) in [6.07, 6.45) is 0. The van der Waals surface area contributed by atoms with Gasteiger partial charge in [-0.25, -0.2) is 9.78 Å². The second-order valence-corrected chi connectivity index (χ2v) is 7.01. The Morgan fingerprint density at radius 2 is 1.92 bits per heavy atom. The molecule has 1 aliphatic rings. The first kappa shape index (κ1) is 17.0. The van der Waals surface area contributed by atoms with Crippen LogP contribution in [0.15, 0.2) is 41.8 Å². The summed E-state index contributed by atoms with van der Waals surface area (Å²) in [5.41, 5.74) is 1.93. The number of ether oxygens (including phenoxy) is 2. The SMILES string of the molecule is O=C(Nc1ccc2c(c1)OCO2)Nc1nc(-c2cc(Cl)ccc2Cl)cs1. The second kappa shape index (κ2) is 7.03. The highest BCUT2D eigenvalue weighted by atomic mass is 35.5. The number of hydrogen-bond donors (Lipinski definition) is 2. The van der Waals surface area contributed by atoms with Crippen LogP contribution >= 0.6 is 34.5 Å². The molecule has 0 saturated heterocycles. The number of nitrogens with zero attached hydrogens (tertiary/aromatic N) is 1. The van der Waals surface area contributed by atoms with Crippen molar-refractivity contribution in [2.45, 2.75) is 0 Å². The standard InChI is InChI=1S/C17H11Cl2N3O3S/c18-9-1-3-12(19)11(5-9)13-7-26-17(21-13)22-16(23)20-10-2-4-14-15(6-10)25-8-24-14/h1-7H,8H2,(H2,20,21,22,23). The van der Waals surface area contributed by atoms with E-state index in [-0.39, 0.29) is 6.79 Å². The monoisotopic (exact) mass is 407 g/mol. The summed E-state index contributed by atoms with van der Waals surface area (Å²) in [6, 6.07) is 9.89. The molecule has 0 bridgehead atoms. The molecular weight excluding hydrogens is 397 g/mol. The Balaban J connectivity index is 1.45. The van der Waals surface area contributed by atoms with Crippen LogP contribution in [0.4, 0.5) is 15.6 Å². The van der Waals surface area contributed by atoms with E-state index < -0.39 is 6.03 Å². The molecular formula is C17H11Cl2N3O3S. The zero-order chi connectivity index (χ0) is 18.1. The molecule has 3 aromatic rings. The van der Waals surface area contributed by atoms with Crippen molar-refractivity contribution in [1.82, 2.24) is 4.98 Å². The molecule has 0 spiro atoms. The second-order valence-electron chi connectivity index (χ2n) is 5.31. The molecule has 4 rings (SSSR count). The average molecular weight is 408 g/mol. The summed E-state index contributed by atoms with van der Waals surface area (Å²) >= 11 is 13.5. The molecule has 2 heterocycles. The summed E-state index contributed by atoms with van der Waals surface area (Å²) in [4.78, 5) is 16.6. The summed E-state index contributed by atoms with van der Waals surface area (Å²) in [7, 11) is 0. The lowest BCUT2D eigenvalue weighted by Crippen LogP contribution is -2.19. The molecule has 1 aromatic heterocycles. The number of carbonyl (C=O) groups excluding carboxylic acids is 1. The molecule has 6 nitrogen and oxygen atoms in total. The normalized spacial score (nSPS) is 12.1. The van der Waals surface area contributed by atoms with Gasteiger partial charge in [0.15, 0.2) is 16.6 Å². The number of halogens is 2. The summed E-state index contributed by atoms with van der Waals surface area (Å²) in [6.45, 7) is 0.180. The van der Waals surface area contributed by atoms with E-state index in [9.17, 15) is 4.79 Å². The minimum Gasteiger partial charge on any atom is -0.454 e. The predicted octanol–water partition coefficient (Wildman–Crippen LogP) is 5.49. The van der Waals surface area contributed by atoms with Gasteiger partial charge >= 0.3 is 6.03 Å². The lowest BCUT2D eigenvalue weighted by molar-refractivity contribution is 0.174. The summed E-state index contributed by atoms with van der Waals surface area (Å²) in [5.74, 6) is 1.24. The van der Waals surface area contributed by atoms with Crippen molar-refractivity contribution < 1.29 is 14.3 Å². The zero-order valence-electron chi connectivity index (χ0n) is 13.1. The molecule has 0 radical (unpaired) electrons. The average Bonchev–Trinajstić information content (AvgIpc) is 3.25. The van der Waals surface area contributed by atoms with Crippen LogP contribution in [0, 0.1) is 0 Å². The lowest BCUT2D eigenvalue weighted by atomic mass is 10.2. The minimum absolute atomic E-state index is 0.180. The predicted molar refractivity (Wildman–Crippen MR) is 103 cm³/mol. The molecule has 2 amide bonds. The number of hydrogen-bond acceptors (Lipinski definition) is 5. The van der Waals surface area contributed by atoms with Gasteiger partial charge in [-0.1, -0.05) is 23.2 Å². The fraction of sp³-hybridized carbons (Fsp3) is 0.0588. The quantitative estimate of drug-likeness (QED) is 0.601. The maximum atomic E-state index is 12.2. The maximum absolute atomic E-state index is 12.2. The summed E-state index contributed by atoms with van der Waals surface area (Å²) in [5, 5.41) is 8.75. The van der Waals surface area contributed by atoms with E-state index in [2.05, 4.69) is 15.6 Å². The molecule has 1 aliphatic heterocycles. The topological polar surface area (TPSA) is 72.5 Å². The molecule has 26 heavy (non-hydrogen) atoms. The third kappa shape index (κ3) is 3.55. The molecule has 2 N–H and O–H groups in total. The zero-order valence-corrected chi connectivity index (χ0v) is 15.4. The highest BCUT2D eigenvalue weighted by Gasteiger charge is 2.15. The van der Waals surface area contributed by atoms with Gasteiger partial charge in [-0.15, -0.1) is 11.3 Å². The first-order valence-electron chi connectivity index (χ1n) is 7.47. The van der Waals surface area contributed by atoms with Gasteiger partial charge in [0, 0.05) is 27.7 Å². The van der Waals surface area contributed by atoms with Gasteiger partial charge in [0.1, 0.15) is 0 Å². The Bertz CT molecular complexity index is 993. The van der Waals surface area contributed by atoms with E-state index >= 15 is 0 Å². The number of anilines is 2. The number of amides is 2. The van der Waals surface area contributed by atoms with Crippen LogP contribution in [-0.4, -0.2) is 17.8 Å². The molecule has 9 heteroatoms. The van der Waals surface area contributed by atoms with Crippen molar-refractivity contribution in [2.75, 3.05) is 17.4 Å². The Morgan fingerprint density at radius 1 is 1.08 bits per heavy atom. The highest BCUT2D eigenvalue weighted by Crippen LogP contribution is 2.35. The molecule has 0 atom stereocenters. The van der Waals surface area contributed by atoms with Crippen molar-refractivity contribution in [1.29, 1.82) is 0 Å². The van der Waals surface area contributed by atoms with Crippen molar-refractivity contribution in [3.63, 3.8) is 0 Å². The Kier molecular flexibility index (Phi) is 4.58. The van der Waals surface area contributed by atoms with E-state index in [1.165, 1.54) is 11.3 Å². The number of nitrogens with one attached hydrogen (secondary N) is 2. The molecule has 2 aromatic carbocycles. The number of benzene rings is 2. The molecule has 0 fully saturated rings. The fourth-order valence-electron chi connectivity index (χ4n) is 2.38. The van der Waals surface area contributed by atoms with E-state index in [1.54, 1.807) is 41.8 Å². The van der Waals surface area contributed by atoms with Gasteiger partial charge in [0.2, 0.25) is 6.79 Å². The van der Waals surface area contributed by atoms with Crippen molar-refractivity contribution in [3.8, 4) is 22.8 Å². The first-order valence-corrected chi connectivity index (χ1v) is 9.11. The van der Waals surface area contributed by atoms with Crippen LogP contribution in [0.3, 0.4) is 0 Å². The Hall–Kier alpha value is -2.48. The van der Waals surface area contributed by atoms with Gasteiger partial charge in [0.25, 0.3) is 0 Å². The summed E-state index contributed by atoms with van der Waals surface area (Å²) < 4.78 is 10.5. The van der Waals surface area contributed by atoms with Crippen molar-refractivity contribution in [3.05, 3.63) is 51.8 Å². The molecule has 0 aliphatic carbocycles. The van der Waals surface area contributed by atoms with Gasteiger partial charge in [0.05, 0.1) is 10.7 Å². The van der Waals surface area contributed by atoms with Crippen LogP contribution in [0.1, 0.15) is 0 Å². The highest BCUT2D eigenvalue weighted by molar-refractivity contribution is 7.14. The third-order valence-electron chi connectivity index (χ3n) is 3.56. The van der Waals surface area contributed by atoms with Crippen molar-refractivity contribution >= 4 is 51.4 Å². The first-order chi connectivity index (χ1) is 12.6. The molecule has 0 unspecified atom stereocenters. The number of rotatable bonds is 3. The van der Waals surface area contributed by atoms with E-state index in [0.29, 0.717) is 43.6 Å². The fourth-order valence-corrected chi connectivity index (χ4v) is 3.47. The van der Waals surface area contributed by atoms with Crippen LogP contribution in [0.5, 0.6) is 11.5 Å². The number of aromatic nitrogens is 1. The largest absolute Gasteiger partial charge is 0.454 e. The van der Waals surface area contributed by atoms with E-state index in [0.717, 1.165) is 0 Å². The minimum atomic E-state index is -0.415. The Morgan fingerprint density at radius 3 is 2.81 bits per heavy atom.